The van der Waals surface area contributed by atoms with Gasteiger partial charge in [0, 0.05) is 39.1 Å². The van der Waals surface area contributed by atoms with Gasteiger partial charge in [0.25, 0.3) is 11.8 Å². The summed E-state index contributed by atoms with van der Waals surface area (Å²) in [5.41, 5.74) is 8.71. The average Bonchev–Trinajstić information content (AvgIpc) is 3.49. The molecular formula is C29H25Cl2N5O3. The third-order valence-electron chi connectivity index (χ3n) is 7.34. The van der Waals surface area contributed by atoms with Crippen molar-refractivity contribution in [2.75, 3.05) is 23.1 Å². The van der Waals surface area contributed by atoms with Gasteiger partial charge in [-0.3, -0.25) is 14.5 Å². The molecule has 0 radical (unpaired) electrons. The van der Waals surface area contributed by atoms with E-state index in [2.05, 4.69) is 5.32 Å². The lowest BCUT2D eigenvalue weighted by Crippen LogP contribution is -2.51. The van der Waals surface area contributed by atoms with Crippen LogP contribution in [0.1, 0.15) is 47.2 Å². The molecule has 3 heterocycles. The summed E-state index contributed by atoms with van der Waals surface area (Å²) < 4.78 is 7.57. The van der Waals surface area contributed by atoms with E-state index in [4.69, 9.17) is 38.7 Å². The number of anilines is 3. The van der Waals surface area contributed by atoms with E-state index in [9.17, 15) is 9.59 Å². The smallest absolute Gasteiger partial charge is 0.280 e. The number of aryl methyl sites for hydroxylation is 1. The molecule has 6 rings (SSSR count). The van der Waals surface area contributed by atoms with Crippen molar-refractivity contribution in [2.24, 2.45) is 0 Å². The van der Waals surface area contributed by atoms with E-state index in [1.807, 2.05) is 37.5 Å². The van der Waals surface area contributed by atoms with Crippen LogP contribution in [0.2, 0.25) is 10.0 Å². The highest BCUT2D eigenvalue weighted by Crippen LogP contribution is 2.55. The largest absolute Gasteiger partial charge is 0.496 e. The Kier molecular flexibility index (Phi) is 5.68. The van der Waals surface area contributed by atoms with Crippen LogP contribution in [0.5, 0.6) is 5.75 Å². The Labute approximate surface area is 235 Å². The molecule has 10 heteroatoms. The summed E-state index contributed by atoms with van der Waals surface area (Å²) in [5.74, 6) is 0.206. The number of nitrogens with two attached hydrogens (primary N) is 1. The number of ether oxygens (including phenoxy) is 1. The first-order valence-corrected chi connectivity index (χ1v) is 13.1. The van der Waals surface area contributed by atoms with Gasteiger partial charge in [0.2, 0.25) is 0 Å². The second-order valence-electron chi connectivity index (χ2n) is 9.98. The van der Waals surface area contributed by atoms with E-state index in [0.29, 0.717) is 55.5 Å². The van der Waals surface area contributed by atoms with Crippen LogP contribution in [-0.2, 0) is 10.3 Å². The fourth-order valence-electron chi connectivity index (χ4n) is 5.72. The number of carbonyl (C=O) groups is 2. The van der Waals surface area contributed by atoms with Crippen molar-refractivity contribution in [1.82, 2.24) is 9.55 Å². The molecule has 2 amide bonds. The van der Waals surface area contributed by atoms with E-state index < -0.39 is 11.4 Å². The molecule has 0 unspecified atom stereocenters. The van der Waals surface area contributed by atoms with Crippen molar-refractivity contribution in [3.63, 3.8) is 0 Å². The molecule has 2 aliphatic rings. The van der Waals surface area contributed by atoms with E-state index in [1.165, 1.54) is 4.90 Å². The number of carbonyl (C=O) groups excluding carboxylic acids is 2. The van der Waals surface area contributed by atoms with Crippen LogP contribution in [0, 0.1) is 6.92 Å². The Morgan fingerprint density at radius 1 is 1.03 bits per heavy atom. The van der Waals surface area contributed by atoms with Gasteiger partial charge in [-0.25, -0.2) is 4.98 Å². The van der Waals surface area contributed by atoms with Crippen molar-refractivity contribution in [3.05, 3.63) is 87.2 Å². The summed E-state index contributed by atoms with van der Waals surface area (Å²) >= 11 is 12.7. The highest BCUT2D eigenvalue weighted by Gasteiger charge is 2.64. The van der Waals surface area contributed by atoms with Gasteiger partial charge < -0.3 is 20.4 Å². The fourth-order valence-corrected chi connectivity index (χ4v) is 6.06. The highest BCUT2D eigenvalue weighted by molar-refractivity contribution is 6.32. The molecule has 0 aliphatic carbocycles. The first-order valence-electron chi connectivity index (χ1n) is 12.4. The van der Waals surface area contributed by atoms with E-state index in [1.54, 1.807) is 49.6 Å². The zero-order chi connectivity index (χ0) is 27.8. The number of amides is 2. The molecule has 2 aliphatic heterocycles. The Bertz CT molecular complexity index is 1710. The van der Waals surface area contributed by atoms with E-state index in [0.717, 1.165) is 5.56 Å². The normalized spacial score (nSPS) is 17.7. The lowest BCUT2D eigenvalue weighted by atomic mass is 9.86. The van der Waals surface area contributed by atoms with Crippen LogP contribution in [0.4, 0.5) is 17.1 Å². The third kappa shape index (κ3) is 3.41. The summed E-state index contributed by atoms with van der Waals surface area (Å²) in [5, 5.41) is 3.88. The molecule has 0 saturated heterocycles. The maximum atomic E-state index is 14.4. The topological polar surface area (TPSA) is 102 Å². The Morgan fingerprint density at radius 3 is 2.46 bits per heavy atom. The van der Waals surface area contributed by atoms with Crippen LogP contribution in [0.3, 0.4) is 0 Å². The zero-order valence-corrected chi connectivity index (χ0v) is 23.2. The number of hydrogen-bond donors (Lipinski definition) is 2. The van der Waals surface area contributed by atoms with Gasteiger partial charge in [-0.15, -0.1) is 0 Å². The minimum Gasteiger partial charge on any atom is -0.496 e. The number of imidazole rings is 1. The number of hydrogen-bond acceptors (Lipinski definition) is 5. The van der Waals surface area contributed by atoms with Crippen molar-refractivity contribution >= 4 is 52.1 Å². The minimum absolute atomic E-state index is 0.176. The molecule has 39 heavy (non-hydrogen) atoms. The van der Waals surface area contributed by atoms with Gasteiger partial charge in [-0.2, -0.15) is 0 Å². The molecule has 0 fully saturated rings. The standard InChI is InChI=1S/C29H25Cl2N5O3/c1-14(2)35-25-24(34-26(35)19-9-8-18(32)13-23(19)39-4)27(37)36(22-12-17(31)6-5-15(22)3)29(25)20-10-7-16(30)11-21(20)33-28(29)38/h5-14H,32H2,1-4H3,(H,33,38)/t29-/m0/s1. The fraction of sp³-hybridized carbons (Fsp3) is 0.207. The lowest BCUT2D eigenvalue weighted by Gasteiger charge is -2.36. The van der Waals surface area contributed by atoms with Crippen molar-refractivity contribution in [3.8, 4) is 17.1 Å². The van der Waals surface area contributed by atoms with Gasteiger partial charge in [-0.05, 0) is 62.7 Å². The van der Waals surface area contributed by atoms with Crippen LogP contribution < -0.4 is 20.7 Å². The summed E-state index contributed by atoms with van der Waals surface area (Å²) in [6, 6.07) is 15.5. The number of methoxy groups -OCH3 is 1. The zero-order valence-electron chi connectivity index (χ0n) is 21.7. The van der Waals surface area contributed by atoms with Gasteiger partial charge in [-0.1, -0.05) is 35.3 Å². The van der Waals surface area contributed by atoms with Crippen molar-refractivity contribution in [1.29, 1.82) is 0 Å². The molecular weight excluding hydrogens is 537 g/mol. The monoisotopic (exact) mass is 561 g/mol. The maximum Gasteiger partial charge on any atom is 0.280 e. The molecule has 198 valence electrons. The number of fused-ring (bicyclic) bond motifs is 4. The van der Waals surface area contributed by atoms with E-state index in [-0.39, 0.29) is 17.6 Å². The SMILES string of the molecule is COc1cc(N)ccc1-c1nc2c(n1C(C)C)[C@@]1(C(=O)Nc3cc(Cl)ccc31)N(c1cc(Cl)ccc1C)C2=O. The molecule has 8 nitrogen and oxygen atoms in total. The molecule has 3 N–H and O–H groups in total. The molecule has 4 aromatic rings. The number of benzene rings is 3. The molecule has 1 spiro atoms. The Hall–Kier alpha value is -4.01. The van der Waals surface area contributed by atoms with E-state index >= 15 is 0 Å². The highest BCUT2D eigenvalue weighted by atomic mass is 35.5. The van der Waals surface area contributed by atoms with Crippen LogP contribution >= 0.6 is 23.2 Å². The van der Waals surface area contributed by atoms with Crippen molar-refractivity contribution < 1.29 is 14.3 Å². The first-order chi connectivity index (χ1) is 18.6. The number of nitrogens with one attached hydrogen (secondary N) is 1. The number of aromatic nitrogens is 2. The predicted molar refractivity (Wildman–Crippen MR) is 153 cm³/mol. The second-order valence-corrected chi connectivity index (χ2v) is 10.9. The minimum atomic E-state index is -1.56. The van der Waals surface area contributed by atoms with Gasteiger partial charge in [0.1, 0.15) is 11.6 Å². The first kappa shape index (κ1) is 25.3. The molecule has 1 aromatic heterocycles. The summed E-state index contributed by atoms with van der Waals surface area (Å²) in [4.78, 5) is 35.1. The third-order valence-corrected chi connectivity index (χ3v) is 7.81. The van der Waals surface area contributed by atoms with Gasteiger partial charge in [0.15, 0.2) is 11.2 Å². The summed E-state index contributed by atoms with van der Waals surface area (Å²) in [6.07, 6.45) is 0. The maximum absolute atomic E-state index is 14.4. The Balaban J connectivity index is 1.74. The molecule has 1 atom stereocenters. The van der Waals surface area contributed by atoms with Crippen LogP contribution in [0.15, 0.2) is 54.6 Å². The van der Waals surface area contributed by atoms with Crippen LogP contribution in [0.25, 0.3) is 11.4 Å². The van der Waals surface area contributed by atoms with Gasteiger partial charge in [0.05, 0.1) is 24.1 Å². The lowest BCUT2D eigenvalue weighted by molar-refractivity contribution is -0.119. The summed E-state index contributed by atoms with van der Waals surface area (Å²) in [6.45, 7) is 5.84. The number of halogens is 2. The molecule has 3 aromatic carbocycles. The Morgan fingerprint density at radius 2 is 1.74 bits per heavy atom. The van der Waals surface area contributed by atoms with Crippen molar-refractivity contribution in [2.45, 2.75) is 32.4 Å². The van der Waals surface area contributed by atoms with Gasteiger partial charge >= 0.3 is 0 Å². The molecule has 0 bridgehead atoms. The quantitative estimate of drug-likeness (QED) is 0.289. The van der Waals surface area contributed by atoms with Crippen LogP contribution in [-0.4, -0.2) is 28.5 Å². The second kappa shape index (κ2) is 8.76. The predicted octanol–water partition coefficient (Wildman–Crippen LogP) is 6.19. The summed E-state index contributed by atoms with van der Waals surface area (Å²) in [7, 11) is 1.55. The molecule has 0 saturated carbocycles. The number of nitrogen functional groups attached to an aromatic ring is 1. The number of rotatable bonds is 4. The average molecular weight is 562 g/mol. The number of nitrogens with zero attached hydrogens (tertiary/aromatic N) is 3.